The molecule has 30 heavy (non-hydrogen) atoms. The van der Waals surface area contributed by atoms with Gasteiger partial charge >= 0.3 is 0 Å². The lowest BCUT2D eigenvalue weighted by molar-refractivity contribution is 0.440. The van der Waals surface area contributed by atoms with Crippen LogP contribution >= 0.6 is 0 Å². The van der Waals surface area contributed by atoms with Gasteiger partial charge in [-0.05, 0) is 62.8 Å². The molecule has 0 bridgehead atoms. The first-order chi connectivity index (χ1) is 14.2. The van der Waals surface area contributed by atoms with Crippen LogP contribution in [0.3, 0.4) is 0 Å². The van der Waals surface area contributed by atoms with Crippen LogP contribution in [-0.2, 0) is 12.8 Å². The zero-order chi connectivity index (χ0) is 22.0. The van der Waals surface area contributed by atoms with E-state index < -0.39 is 5.43 Å². The Balaban J connectivity index is 2.13. The Morgan fingerprint density at radius 1 is 0.967 bits per heavy atom. The molecule has 0 amide bonds. The van der Waals surface area contributed by atoms with Crippen LogP contribution < -0.4 is 5.43 Å². The van der Waals surface area contributed by atoms with E-state index in [0.29, 0.717) is 36.0 Å². The number of fused-ring (bicyclic) bond motifs is 1. The third-order valence-corrected chi connectivity index (χ3v) is 5.13. The van der Waals surface area contributed by atoms with Crippen molar-refractivity contribution in [1.29, 1.82) is 0 Å². The van der Waals surface area contributed by atoms with Crippen LogP contribution in [0.2, 0.25) is 0 Å². The van der Waals surface area contributed by atoms with Crippen LogP contribution in [0.4, 0.5) is 0 Å². The zero-order valence-electron chi connectivity index (χ0n) is 17.3. The van der Waals surface area contributed by atoms with Gasteiger partial charge in [-0.2, -0.15) is 0 Å². The molecule has 3 aromatic rings. The normalized spacial score (nSPS) is 11.0. The molecule has 0 atom stereocenters. The van der Waals surface area contributed by atoms with E-state index >= 15 is 0 Å². The van der Waals surface area contributed by atoms with E-state index in [1.807, 2.05) is 13.8 Å². The largest absolute Gasteiger partial charge is 0.508 e. The topological polar surface area (TPSA) is 90.9 Å². The summed E-state index contributed by atoms with van der Waals surface area (Å²) in [5.41, 5.74) is 3.45. The molecular formula is C25H26O5. The minimum absolute atomic E-state index is 0.0265. The number of hydrogen-bond donors (Lipinski definition) is 3. The van der Waals surface area contributed by atoms with Crippen molar-refractivity contribution in [2.45, 2.75) is 39.5 Å². The number of phenols is 3. The lowest BCUT2D eigenvalue weighted by Gasteiger charge is -2.12. The van der Waals surface area contributed by atoms with Gasteiger partial charge in [0.2, 0.25) is 5.43 Å². The summed E-state index contributed by atoms with van der Waals surface area (Å²) in [5, 5.41) is 31.2. The fourth-order valence-corrected chi connectivity index (χ4v) is 3.38. The van der Waals surface area contributed by atoms with Gasteiger partial charge in [0.1, 0.15) is 34.5 Å². The lowest BCUT2D eigenvalue weighted by Crippen LogP contribution is -2.06. The fourth-order valence-electron chi connectivity index (χ4n) is 3.38. The van der Waals surface area contributed by atoms with Crippen molar-refractivity contribution in [2.75, 3.05) is 0 Å². The van der Waals surface area contributed by atoms with Crippen LogP contribution in [0, 0.1) is 0 Å². The van der Waals surface area contributed by atoms with Gasteiger partial charge in [-0.15, -0.1) is 13.2 Å². The van der Waals surface area contributed by atoms with Gasteiger partial charge in [0.25, 0.3) is 0 Å². The summed E-state index contributed by atoms with van der Waals surface area (Å²) in [7, 11) is 0. The molecule has 5 nitrogen and oxygen atoms in total. The number of aromatic hydroxyl groups is 3. The molecule has 3 N–H and O–H groups in total. The zero-order valence-corrected chi connectivity index (χ0v) is 17.3. The minimum atomic E-state index is -0.401. The van der Waals surface area contributed by atoms with E-state index in [9.17, 15) is 20.1 Å². The standard InChI is InChI=1S/C25H26O5/c1-14(2)5-7-17-11-16(8-10-20(17)26)19-13-30-22-12-21(27)18(9-6-15(3)4)24(28)23(22)25(19)29/h8,10-13,26-28H,1,3,5-7,9H2,2,4H3. The predicted octanol–water partition coefficient (Wildman–Crippen LogP) is 5.59. The van der Waals surface area contributed by atoms with Gasteiger partial charge in [0.15, 0.2) is 0 Å². The highest BCUT2D eigenvalue weighted by molar-refractivity contribution is 5.89. The van der Waals surface area contributed by atoms with Crippen molar-refractivity contribution in [3.63, 3.8) is 0 Å². The second-order valence-corrected chi connectivity index (χ2v) is 7.83. The van der Waals surface area contributed by atoms with Crippen LogP contribution in [0.15, 0.2) is 64.0 Å². The SMILES string of the molecule is C=C(C)CCc1cc(-c2coc3cc(O)c(CCC(=C)C)c(O)c3c2=O)ccc1O. The van der Waals surface area contributed by atoms with Crippen molar-refractivity contribution < 1.29 is 19.7 Å². The number of benzene rings is 2. The van der Waals surface area contributed by atoms with Gasteiger partial charge in [-0.25, -0.2) is 0 Å². The number of aryl methyl sites for hydroxylation is 1. The Bertz CT molecular complexity index is 1200. The highest BCUT2D eigenvalue weighted by Gasteiger charge is 2.19. The van der Waals surface area contributed by atoms with Gasteiger partial charge in [0, 0.05) is 11.6 Å². The second-order valence-electron chi connectivity index (χ2n) is 7.83. The number of hydrogen-bond acceptors (Lipinski definition) is 5. The van der Waals surface area contributed by atoms with Crippen molar-refractivity contribution in [2.24, 2.45) is 0 Å². The molecule has 0 aliphatic carbocycles. The quantitative estimate of drug-likeness (QED) is 0.445. The van der Waals surface area contributed by atoms with Gasteiger partial charge < -0.3 is 19.7 Å². The number of allylic oxidation sites excluding steroid dienone is 2. The molecule has 0 spiro atoms. The molecule has 2 aromatic carbocycles. The average Bonchev–Trinajstić information content (AvgIpc) is 2.67. The minimum Gasteiger partial charge on any atom is -0.508 e. The predicted molar refractivity (Wildman–Crippen MR) is 119 cm³/mol. The summed E-state index contributed by atoms with van der Waals surface area (Å²) in [4.78, 5) is 13.2. The van der Waals surface area contributed by atoms with E-state index in [2.05, 4.69) is 13.2 Å². The molecule has 1 aromatic heterocycles. The molecule has 0 saturated heterocycles. The lowest BCUT2D eigenvalue weighted by atomic mass is 9.97. The molecule has 3 rings (SSSR count). The molecule has 5 heteroatoms. The first-order valence-corrected chi connectivity index (χ1v) is 9.79. The first kappa shape index (κ1) is 21.2. The van der Waals surface area contributed by atoms with Gasteiger partial charge in [0.05, 0.1) is 5.56 Å². The molecule has 0 unspecified atom stereocenters. The third kappa shape index (κ3) is 4.25. The maximum atomic E-state index is 13.2. The van der Waals surface area contributed by atoms with Crippen molar-refractivity contribution >= 4 is 11.0 Å². The van der Waals surface area contributed by atoms with E-state index in [0.717, 1.165) is 17.6 Å². The fraction of sp³-hybridized carbons (Fsp3) is 0.240. The van der Waals surface area contributed by atoms with Crippen LogP contribution in [0.1, 0.15) is 37.8 Å². The summed E-state index contributed by atoms with van der Waals surface area (Å²) in [6.45, 7) is 11.5. The maximum absolute atomic E-state index is 13.2. The highest BCUT2D eigenvalue weighted by Crippen LogP contribution is 2.36. The molecule has 0 aliphatic heterocycles. The summed E-state index contributed by atoms with van der Waals surface area (Å²) in [6.07, 6.45) is 3.55. The van der Waals surface area contributed by atoms with Crippen molar-refractivity contribution in [3.05, 3.63) is 76.2 Å². The summed E-state index contributed by atoms with van der Waals surface area (Å²) in [5.74, 6) is -0.243. The molecule has 0 radical (unpaired) electrons. The van der Waals surface area contributed by atoms with E-state index in [1.54, 1.807) is 18.2 Å². The smallest absolute Gasteiger partial charge is 0.204 e. The number of phenolic OH excluding ortho intramolecular Hbond substituents is 3. The molecule has 1 heterocycles. The van der Waals surface area contributed by atoms with Crippen molar-refractivity contribution in [3.8, 4) is 28.4 Å². The highest BCUT2D eigenvalue weighted by atomic mass is 16.3. The van der Waals surface area contributed by atoms with Crippen LogP contribution in [0.25, 0.3) is 22.1 Å². The molecule has 0 fully saturated rings. The molecule has 0 saturated carbocycles. The Morgan fingerprint density at radius 2 is 1.63 bits per heavy atom. The summed E-state index contributed by atoms with van der Waals surface area (Å²) in [6, 6.07) is 6.28. The Labute approximate surface area is 175 Å². The molecule has 156 valence electrons. The number of rotatable bonds is 7. The van der Waals surface area contributed by atoms with E-state index in [-0.39, 0.29) is 33.8 Å². The third-order valence-electron chi connectivity index (χ3n) is 5.13. The van der Waals surface area contributed by atoms with Crippen molar-refractivity contribution in [1.82, 2.24) is 0 Å². The Morgan fingerprint density at radius 3 is 2.30 bits per heavy atom. The summed E-state index contributed by atoms with van der Waals surface area (Å²) < 4.78 is 5.57. The van der Waals surface area contributed by atoms with Crippen LogP contribution in [-0.4, -0.2) is 15.3 Å². The Hall–Kier alpha value is -3.47. The second kappa shape index (κ2) is 8.49. The maximum Gasteiger partial charge on any atom is 0.204 e. The van der Waals surface area contributed by atoms with E-state index in [1.165, 1.54) is 12.3 Å². The Kier molecular flexibility index (Phi) is 6.01. The van der Waals surface area contributed by atoms with Gasteiger partial charge in [-0.3, -0.25) is 4.79 Å². The first-order valence-electron chi connectivity index (χ1n) is 9.79. The average molecular weight is 406 g/mol. The van der Waals surface area contributed by atoms with Crippen LogP contribution in [0.5, 0.6) is 17.2 Å². The summed E-state index contributed by atoms with van der Waals surface area (Å²) >= 11 is 0. The van der Waals surface area contributed by atoms with E-state index in [4.69, 9.17) is 4.42 Å². The van der Waals surface area contributed by atoms with Gasteiger partial charge in [-0.1, -0.05) is 17.2 Å². The monoisotopic (exact) mass is 406 g/mol. The molecule has 0 aliphatic rings. The molecular weight excluding hydrogens is 380 g/mol.